The molecule has 0 fully saturated rings. The van der Waals surface area contributed by atoms with E-state index in [1.165, 1.54) is 26.4 Å². The normalized spacial score (nSPS) is 10.3. The van der Waals surface area contributed by atoms with Gasteiger partial charge in [-0.25, -0.2) is 0 Å². The number of anilines is 1. The Morgan fingerprint density at radius 1 is 1.04 bits per heavy atom. The molecule has 0 aliphatic heterocycles. The molecule has 9 heteroatoms. The van der Waals surface area contributed by atoms with Crippen LogP contribution >= 0.6 is 23.2 Å². The van der Waals surface area contributed by atoms with E-state index >= 15 is 0 Å². The van der Waals surface area contributed by atoms with Crippen LogP contribution in [0, 0.1) is 0 Å². The maximum absolute atomic E-state index is 12.2. The number of benzene rings is 2. The summed E-state index contributed by atoms with van der Waals surface area (Å²) in [5.74, 6) is -0.875. The summed E-state index contributed by atoms with van der Waals surface area (Å²) >= 11 is 11.8. The fourth-order valence-corrected chi connectivity index (χ4v) is 2.83. The Labute approximate surface area is 172 Å². The molecule has 2 aromatic carbocycles. The fraction of sp³-hybridized carbons (Fsp3) is 0.263. The van der Waals surface area contributed by atoms with Gasteiger partial charge in [-0.15, -0.1) is 0 Å². The third-order valence-electron chi connectivity index (χ3n) is 3.72. The van der Waals surface area contributed by atoms with E-state index in [0.29, 0.717) is 22.2 Å². The van der Waals surface area contributed by atoms with Crippen molar-refractivity contribution >= 4 is 40.8 Å². The van der Waals surface area contributed by atoms with Crippen LogP contribution in [0.4, 0.5) is 5.69 Å². The Balaban J connectivity index is 1.96. The Morgan fingerprint density at radius 3 is 2.32 bits per heavy atom. The van der Waals surface area contributed by atoms with E-state index < -0.39 is 5.97 Å². The Morgan fingerprint density at radius 2 is 1.71 bits per heavy atom. The third kappa shape index (κ3) is 5.68. The van der Waals surface area contributed by atoms with Crippen LogP contribution in [0.2, 0.25) is 10.0 Å². The van der Waals surface area contributed by atoms with Gasteiger partial charge in [-0.1, -0.05) is 23.2 Å². The lowest BCUT2D eigenvalue weighted by Gasteiger charge is -2.16. The van der Waals surface area contributed by atoms with Gasteiger partial charge < -0.3 is 29.4 Å². The highest BCUT2D eigenvalue weighted by Crippen LogP contribution is 2.33. The summed E-state index contributed by atoms with van der Waals surface area (Å²) in [7, 11) is 2.78. The van der Waals surface area contributed by atoms with Crippen molar-refractivity contribution in [3.05, 3.63) is 45.9 Å². The van der Waals surface area contributed by atoms with Gasteiger partial charge in [-0.3, -0.25) is 4.79 Å². The molecule has 0 heterocycles. The first-order valence-corrected chi connectivity index (χ1v) is 8.96. The summed E-state index contributed by atoms with van der Waals surface area (Å²) in [5.41, 5.74) is -0.153. The van der Waals surface area contributed by atoms with E-state index in [1.54, 1.807) is 18.2 Å². The van der Waals surface area contributed by atoms with Crippen LogP contribution in [0.5, 0.6) is 17.2 Å². The molecule has 0 bridgehead atoms. The van der Waals surface area contributed by atoms with Crippen LogP contribution in [-0.4, -0.2) is 32.7 Å². The number of rotatable bonds is 9. The van der Waals surface area contributed by atoms with Gasteiger partial charge in [0.25, 0.3) is 0 Å². The number of halogens is 2. The van der Waals surface area contributed by atoms with Crippen molar-refractivity contribution in [2.45, 2.75) is 12.8 Å². The topological polar surface area (TPSA) is 96.9 Å². The van der Waals surface area contributed by atoms with Crippen LogP contribution in [-0.2, 0) is 4.79 Å². The van der Waals surface area contributed by atoms with Gasteiger partial charge in [0.05, 0.1) is 37.5 Å². The van der Waals surface area contributed by atoms with Gasteiger partial charge in [-0.2, -0.15) is 0 Å². The van der Waals surface area contributed by atoms with Gasteiger partial charge in [0.15, 0.2) is 11.5 Å². The molecule has 1 amide bonds. The number of hydrogen-bond acceptors (Lipinski definition) is 6. The van der Waals surface area contributed by atoms with Gasteiger partial charge in [0.1, 0.15) is 5.75 Å². The van der Waals surface area contributed by atoms with Gasteiger partial charge in [0.2, 0.25) is 5.91 Å². The first kappa shape index (κ1) is 21.7. The van der Waals surface area contributed by atoms with Crippen molar-refractivity contribution in [1.82, 2.24) is 0 Å². The van der Waals surface area contributed by atoms with Crippen LogP contribution in [0.3, 0.4) is 0 Å². The van der Waals surface area contributed by atoms with E-state index in [1.807, 2.05) is 0 Å². The monoisotopic (exact) mass is 426 g/mol. The number of amides is 1. The lowest BCUT2D eigenvalue weighted by Crippen LogP contribution is -2.25. The lowest BCUT2D eigenvalue weighted by molar-refractivity contribution is -0.254. The summed E-state index contributed by atoms with van der Waals surface area (Å²) < 4.78 is 15.7. The summed E-state index contributed by atoms with van der Waals surface area (Å²) in [5, 5.41) is 14.8. The van der Waals surface area contributed by atoms with Crippen molar-refractivity contribution in [3.8, 4) is 17.2 Å². The van der Waals surface area contributed by atoms with Crippen molar-refractivity contribution < 1.29 is 28.9 Å². The molecule has 0 saturated carbocycles. The van der Waals surface area contributed by atoms with Crippen molar-refractivity contribution in [2.24, 2.45) is 0 Å². The zero-order chi connectivity index (χ0) is 20.7. The number of hydrogen-bond donors (Lipinski definition) is 1. The molecular weight excluding hydrogens is 409 g/mol. The maximum Gasteiger partial charge on any atom is 0.224 e. The quantitative estimate of drug-likeness (QED) is 0.618. The molecule has 1 N–H and O–H groups in total. The number of carboxylic acids is 1. The predicted octanol–water partition coefficient (Wildman–Crippen LogP) is 3.17. The van der Waals surface area contributed by atoms with E-state index in [2.05, 4.69) is 5.32 Å². The van der Waals surface area contributed by atoms with Crippen molar-refractivity contribution in [1.29, 1.82) is 0 Å². The molecule has 28 heavy (non-hydrogen) atoms. The number of methoxy groups -OCH3 is 2. The minimum atomic E-state index is -1.45. The van der Waals surface area contributed by atoms with Crippen LogP contribution in [0.15, 0.2) is 30.3 Å². The molecule has 7 nitrogen and oxygen atoms in total. The SMILES string of the molecule is COc1cc(NC(=O)CCCOc2ccc(Cl)cc2Cl)c(C(=O)[O-])cc1OC. The molecule has 2 aromatic rings. The molecule has 0 radical (unpaired) electrons. The largest absolute Gasteiger partial charge is 0.545 e. The second kappa shape index (κ2) is 10.1. The molecule has 0 spiro atoms. The molecule has 2 rings (SSSR count). The highest BCUT2D eigenvalue weighted by atomic mass is 35.5. The molecule has 0 aliphatic carbocycles. The Bertz CT molecular complexity index is 872. The number of carbonyl (C=O) groups is 2. The minimum absolute atomic E-state index is 0.0596. The summed E-state index contributed by atoms with van der Waals surface area (Å²) in [6, 6.07) is 7.44. The maximum atomic E-state index is 12.2. The van der Waals surface area contributed by atoms with E-state index in [4.69, 9.17) is 37.4 Å². The lowest BCUT2D eigenvalue weighted by atomic mass is 10.1. The van der Waals surface area contributed by atoms with Gasteiger partial charge in [0, 0.05) is 23.1 Å². The zero-order valence-corrected chi connectivity index (χ0v) is 16.7. The van der Waals surface area contributed by atoms with E-state index in [-0.39, 0.29) is 41.7 Å². The molecule has 0 aliphatic rings. The second-order valence-electron chi connectivity index (χ2n) is 5.62. The Kier molecular flexibility index (Phi) is 7.78. The highest BCUT2D eigenvalue weighted by molar-refractivity contribution is 6.35. The smallest absolute Gasteiger partial charge is 0.224 e. The summed E-state index contributed by atoms with van der Waals surface area (Å²) in [4.78, 5) is 23.5. The number of aromatic carboxylic acids is 1. The van der Waals surface area contributed by atoms with Gasteiger partial charge >= 0.3 is 0 Å². The molecular formula is C19H18Cl2NO6-. The van der Waals surface area contributed by atoms with Crippen LogP contribution in [0.25, 0.3) is 0 Å². The van der Waals surface area contributed by atoms with E-state index in [0.717, 1.165) is 0 Å². The summed E-state index contributed by atoms with van der Waals surface area (Å²) in [6.07, 6.45) is 0.491. The zero-order valence-electron chi connectivity index (χ0n) is 15.2. The average molecular weight is 427 g/mol. The summed E-state index contributed by atoms with van der Waals surface area (Å²) in [6.45, 7) is 0.244. The van der Waals surface area contributed by atoms with Crippen LogP contribution < -0.4 is 24.6 Å². The number of carbonyl (C=O) groups excluding carboxylic acids is 2. The second-order valence-corrected chi connectivity index (χ2v) is 6.46. The number of carboxylic acid groups (broad SMARTS) is 1. The molecule has 0 atom stereocenters. The predicted molar refractivity (Wildman–Crippen MR) is 104 cm³/mol. The molecule has 0 unspecified atom stereocenters. The van der Waals surface area contributed by atoms with Crippen molar-refractivity contribution in [3.63, 3.8) is 0 Å². The molecule has 150 valence electrons. The Hall–Kier alpha value is -2.64. The average Bonchev–Trinajstić information content (AvgIpc) is 2.65. The third-order valence-corrected chi connectivity index (χ3v) is 4.25. The van der Waals surface area contributed by atoms with Crippen molar-refractivity contribution in [2.75, 3.05) is 26.1 Å². The first-order valence-electron chi connectivity index (χ1n) is 8.20. The molecule has 0 saturated heterocycles. The highest BCUT2D eigenvalue weighted by Gasteiger charge is 2.14. The number of nitrogens with one attached hydrogen (secondary N) is 1. The fourth-order valence-electron chi connectivity index (χ4n) is 2.37. The number of ether oxygens (including phenoxy) is 3. The first-order chi connectivity index (χ1) is 13.3. The van der Waals surface area contributed by atoms with Gasteiger partial charge in [-0.05, 0) is 30.7 Å². The minimum Gasteiger partial charge on any atom is -0.545 e. The van der Waals surface area contributed by atoms with Crippen LogP contribution in [0.1, 0.15) is 23.2 Å². The standard InChI is InChI=1S/C19H19Cl2NO6/c1-26-16-9-12(19(24)25)14(10-17(16)27-2)22-18(23)4-3-7-28-15-6-5-11(20)8-13(15)21/h5-6,8-10H,3-4,7H2,1-2H3,(H,22,23)(H,24,25)/p-1. The molecule has 0 aromatic heterocycles. The van der Waals surface area contributed by atoms with E-state index in [9.17, 15) is 14.7 Å².